The van der Waals surface area contributed by atoms with Crippen molar-refractivity contribution in [3.63, 3.8) is 0 Å². The largest absolute Gasteiger partial charge is 0.302 e. The summed E-state index contributed by atoms with van der Waals surface area (Å²) in [5, 5.41) is 0. The van der Waals surface area contributed by atoms with E-state index >= 15 is 0 Å². The SMILES string of the molecule is CN(CCCNS(=O)(=O)c1ccc2c(c1)CCC2)Cc1ccccc1. The summed E-state index contributed by atoms with van der Waals surface area (Å²) >= 11 is 0. The van der Waals surface area contributed by atoms with Gasteiger partial charge in [-0.25, -0.2) is 13.1 Å². The van der Waals surface area contributed by atoms with Gasteiger partial charge in [0, 0.05) is 13.1 Å². The molecule has 0 heterocycles. The summed E-state index contributed by atoms with van der Waals surface area (Å²) < 4.78 is 27.6. The zero-order valence-electron chi connectivity index (χ0n) is 14.7. The van der Waals surface area contributed by atoms with Crippen LogP contribution in [0.1, 0.15) is 29.5 Å². The van der Waals surface area contributed by atoms with E-state index in [1.807, 2.05) is 30.3 Å². The van der Waals surface area contributed by atoms with E-state index in [2.05, 4.69) is 28.8 Å². The molecule has 3 rings (SSSR count). The number of hydrogen-bond acceptors (Lipinski definition) is 3. The summed E-state index contributed by atoms with van der Waals surface area (Å²) in [7, 11) is -1.35. The van der Waals surface area contributed by atoms with Crippen LogP contribution in [0.25, 0.3) is 0 Å². The van der Waals surface area contributed by atoms with E-state index in [1.165, 1.54) is 16.7 Å². The Kier molecular flexibility index (Phi) is 5.89. The van der Waals surface area contributed by atoms with Crippen LogP contribution in [0.15, 0.2) is 53.4 Å². The number of benzene rings is 2. The van der Waals surface area contributed by atoms with E-state index in [4.69, 9.17) is 0 Å². The molecule has 2 aromatic rings. The minimum Gasteiger partial charge on any atom is -0.302 e. The molecule has 0 aromatic heterocycles. The van der Waals surface area contributed by atoms with Gasteiger partial charge in [-0.1, -0.05) is 36.4 Å². The van der Waals surface area contributed by atoms with Crippen LogP contribution in [-0.2, 0) is 29.4 Å². The molecule has 0 atom stereocenters. The van der Waals surface area contributed by atoms with E-state index < -0.39 is 10.0 Å². The van der Waals surface area contributed by atoms with Gasteiger partial charge < -0.3 is 4.90 Å². The highest BCUT2D eigenvalue weighted by Gasteiger charge is 2.18. The first kappa shape index (κ1) is 18.1. The lowest BCUT2D eigenvalue weighted by molar-refractivity contribution is 0.322. The number of nitrogens with zero attached hydrogens (tertiary/aromatic N) is 1. The Morgan fingerprint density at radius 2 is 1.80 bits per heavy atom. The molecule has 0 unspecified atom stereocenters. The topological polar surface area (TPSA) is 49.4 Å². The van der Waals surface area contributed by atoms with Crippen LogP contribution in [0, 0.1) is 0 Å². The van der Waals surface area contributed by atoms with Crippen LogP contribution >= 0.6 is 0 Å². The van der Waals surface area contributed by atoms with Crippen molar-refractivity contribution < 1.29 is 8.42 Å². The Labute approximate surface area is 150 Å². The Balaban J connectivity index is 1.46. The van der Waals surface area contributed by atoms with Gasteiger partial charge in [0.15, 0.2) is 0 Å². The molecular weight excluding hydrogens is 332 g/mol. The van der Waals surface area contributed by atoms with Crippen molar-refractivity contribution in [1.82, 2.24) is 9.62 Å². The van der Waals surface area contributed by atoms with Crippen LogP contribution in [0.2, 0.25) is 0 Å². The molecule has 2 aromatic carbocycles. The summed E-state index contributed by atoms with van der Waals surface area (Å²) in [5.74, 6) is 0. The second-order valence-corrected chi connectivity index (χ2v) is 8.53. The average molecular weight is 359 g/mol. The summed E-state index contributed by atoms with van der Waals surface area (Å²) in [6, 6.07) is 15.8. The lowest BCUT2D eigenvalue weighted by Gasteiger charge is -2.16. The minimum absolute atomic E-state index is 0.394. The molecule has 5 heteroatoms. The molecule has 0 spiro atoms. The van der Waals surface area contributed by atoms with Crippen molar-refractivity contribution in [2.45, 2.75) is 37.1 Å². The molecule has 0 bridgehead atoms. The normalized spacial score (nSPS) is 14.0. The Morgan fingerprint density at radius 3 is 2.60 bits per heavy atom. The van der Waals surface area contributed by atoms with E-state index in [0.29, 0.717) is 11.4 Å². The maximum absolute atomic E-state index is 12.4. The Hall–Kier alpha value is -1.69. The van der Waals surface area contributed by atoms with Crippen molar-refractivity contribution >= 4 is 10.0 Å². The van der Waals surface area contributed by atoms with Crippen molar-refractivity contribution in [3.05, 3.63) is 65.2 Å². The highest BCUT2D eigenvalue weighted by Crippen LogP contribution is 2.24. The summed E-state index contributed by atoms with van der Waals surface area (Å²) in [6.07, 6.45) is 3.97. The number of aryl methyl sites for hydroxylation is 2. The molecule has 0 saturated heterocycles. The summed E-state index contributed by atoms with van der Waals surface area (Å²) in [6.45, 7) is 2.18. The Morgan fingerprint density at radius 1 is 1.04 bits per heavy atom. The van der Waals surface area contributed by atoms with Gasteiger partial charge in [0.05, 0.1) is 4.90 Å². The van der Waals surface area contributed by atoms with Gasteiger partial charge in [0.1, 0.15) is 0 Å². The van der Waals surface area contributed by atoms with Gasteiger partial charge in [-0.05, 0) is 68.1 Å². The number of nitrogens with one attached hydrogen (secondary N) is 1. The molecule has 0 saturated carbocycles. The van der Waals surface area contributed by atoms with Gasteiger partial charge in [-0.2, -0.15) is 0 Å². The lowest BCUT2D eigenvalue weighted by atomic mass is 10.1. The number of hydrogen-bond donors (Lipinski definition) is 1. The van der Waals surface area contributed by atoms with Gasteiger partial charge in [0.25, 0.3) is 0 Å². The van der Waals surface area contributed by atoms with Crippen molar-refractivity contribution in [2.75, 3.05) is 20.1 Å². The van der Waals surface area contributed by atoms with Gasteiger partial charge in [-0.15, -0.1) is 0 Å². The Bertz CT molecular complexity index is 804. The fraction of sp³-hybridized carbons (Fsp3) is 0.400. The van der Waals surface area contributed by atoms with E-state index in [1.54, 1.807) is 6.07 Å². The zero-order valence-corrected chi connectivity index (χ0v) is 15.6. The molecule has 0 fully saturated rings. The van der Waals surface area contributed by atoms with Gasteiger partial charge in [0.2, 0.25) is 10.0 Å². The van der Waals surface area contributed by atoms with Crippen LogP contribution in [0.5, 0.6) is 0 Å². The predicted octanol–water partition coefficient (Wildman–Crippen LogP) is 2.98. The smallest absolute Gasteiger partial charge is 0.240 e. The molecule has 1 aliphatic carbocycles. The molecule has 25 heavy (non-hydrogen) atoms. The van der Waals surface area contributed by atoms with Crippen LogP contribution in [0.3, 0.4) is 0 Å². The third-order valence-electron chi connectivity index (χ3n) is 4.68. The average Bonchev–Trinajstić information content (AvgIpc) is 3.07. The third kappa shape index (κ3) is 4.91. The summed E-state index contributed by atoms with van der Waals surface area (Å²) in [4.78, 5) is 2.60. The molecule has 1 N–H and O–H groups in total. The van der Waals surface area contributed by atoms with E-state index in [0.717, 1.165) is 38.8 Å². The van der Waals surface area contributed by atoms with E-state index in [9.17, 15) is 8.42 Å². The summed E-state index contributed by atoms with van der Waals surface area (Å²) in [5.41, 5.74) is 3.75. The number of sulfonamides is 1. The second kappa shape index (κ2) is 8.13. The van der Waals surface area contributed by atoms with Gasteiger partial charge in [-0.3, -0.25) is 0 Å². The molecular formula is C20H26N2O2S. The van der Waals surface area contributed by atoms with Gasteiger partial charge >= 0.3 is 0 Å². The quantitative estimate of drug-likeness (QED) is 0.738. The van der Waals surface area contributed by atoms with Crippen molar-refractivity contribution in [3.8, 4) is 0 Å². The fourth-order valence-electron chi connectivity index (χ4n) is 3.33. The molecule has 0 aliphatic heterocycles. The number of rotatable bonds is 8. The molecule has 0 radical (unpaired) electrons. The van der Waals surface area contributed by atoms with E-state index in [-0.39, 0.29) is 0 Å². The highest BCUT2D eigenvalue weighted by atomic mass is 32.2. The molecule has 4 nitrogen and oxygen atoms in total. The highest BCUT2D eigenvalue weighted by molar-refractivity contribution is 7.89. The standard InChI is InChI=1S/C20H26N2O2S/c1-22(16-17-7-3-2-4-8-17)14-6-13-21-25(23,24)20-12-11-18-9-5-10-19(18)15-20/h2-4,7-8,11-12,15,21H,5-6,9-10,13-14,16H2,1H3. The minimum atomic E-state index is -3.41. The molecule has 1 aliphatic rings. The zero-order chi connectivity index (χ0) is 17.7. The molecule has 0 amide bonds. The fourth-order valence-corrected chi connectivity index (χ4v) is 4.45. The predicted molar refractivity (Wildman–Crippen MR) is 101 cm³/mol. The van der Waals surface area contributed by atoms with Crippen LogP contribution in [0.4, 0.5) is 0 Å². The lowest BCUT2D eigenvalue weighted by Crippen LogP contribution is -2.28. The molecule has 134 valence electrons. The van der Waals surface area contributed by atoms with Crippen molar-refractivity contribution in [1.29, 1.82) is 0 Å². The first-order valence-corrected chi connectivity index (χ1v) is 10.4. The first-order valence-electron chi connectivity index (χ1n) is 8.88. The van der Waals surface area contributed by atoms with Crippen molar-refractivity contribution in [2.24, 2.45) is 0 Å². The van der Waals surface area contributed by atoms with Crippen LogP contribution in [-0.4, -0.2) is 33.5 Å². The maximum atomic E-state index is 12.4. The third-order valence-corrected chi connectivity index (χ3v) is 6.14. The monoisotopic (exact) mass is 358 g/mol. The van der Waals surface area contributed by atoms with Crippen LogP contribution < -0.4 is 4.72 Å². The first-order chi connectivity index (χ1) is 12.0. The number of fused-ring (bicyclic) bond motifs is 1. The maximum Gasteiger partial charge on any atom is 0.240 e. The second-order valence-electron chi connectivity index (χ2n) is 6.76.